The molecular formula is C22H16Cl2N2O4. The molecule has 0 aliphatic rings. The topological polar surface area (TPSA) is 94.6 Å². The third kappa shape index (κ3) is 3.44. The van der Waals surface area contributed by atoms with E-state index in [0.717, 1.165) is 16.6 Å². The Morgan fingerprint density at radius 2 is 1.53 bits per heavy atom. The predicted octanol–water partition coefficient (Wildman–Crippen LogP) is 4.71. The Kier molecular flexibility index (Phi) is 5.28. The largest absolute Gasteiger partial charge is 0.481 e. The zero-order valence-electron chi connectivity index (χ0n) is 15.6. The fourth-order valence-electron chi connectivity index (χ4n) is 3.63. The van der Waals surface area contributed by atoms with Gasteiger partial charge in [-0.05, 0) is 36.4 Å². The van der Waals surface area contributed by atoms with Crippen LogP contribution in [0.4, 0.5) is 0 Å². The standard InChI is InChI=1S/C22H16Cl2N2O4/c23-14-5-2-6-15(24)13(14)10-26-16-7-1-4-12(22(25)29)20(16)21-17(26)8-3-9-18(21)30-11-19(27)28/h1-9H,10-11H2,(H2,25,29)(H,27,28). The SMILES string of the molecule is NC(=O)c1cccc2c1c1c(OCC(=O)O)cccc1n2Cc1c(Cl)cccc1Cl. The van der Waals surface area contributed by atoms with Crippen LogP contribution >= 0.6 is 23.2 Å². The summed E-state index contributed by atoms with van der Waals surface area (Å²) in [6.07, 6.45) is 0. The number of hydrogen-bond acceptors (Lipinski definition) is 3. The van der Waals surface area contributed by atoms with Crippen LogP contribution < -0.4 is 10.5 Å². The van der Waals surface area contributed by atoms with Crippen LogP contribution in [0.1, 0.15) is 15.9 Å². The molecule has 0 saturated carbocycles. The van der Waals surface area contributed by atoms with Gasteiger partial charge in [0.25, 0.3) is 0 Å². The minimum absolute atomic E-state index is 0.313. The lowest BCUT2D eigenvalue weighted by Crippen LogP contribution is -2.11. The molecule has 0 bridgehead atoms. The van der Waals surface area contributed by atoms with E-state index >= 15 is 0 Å². The van der Waals surface area contributed by atoms with Gasteiger partial charge in [-0.25, -0.2) is 4.79 Å². The summed E-state index contributed by atoms with van der Waals surface area (Å²) in [5.41, 5.74) is 8.12. The Morgan fingerprint density at radius 1 is 0.933 bits per heavy atom. The van der Waals surface area contributed by atoms with Gasteiger partial charge < -0.3 is 20.1 Å². The van der Waals surface area contributed by atoms with E-state index in [-0.39, 0.29) is 0 Å². The van der Waals surface area contributed by atoms with Crippen molar-refractivity contribution in [3.05, 3.63) is 75.8 Å². The quantitative estimate of drug-likeness (QED) is 0.451. The lowest BCUT2D eigenvalue weighted by atomic mass is 10.1. The molecule has 4 rings (SSSR count). The number of nitrogens with zero attached hydrogens (tertiary/aromatic N) is 1. The van der Waals surface area contributed by atoms with Crippen LogP contribution in [0.15, 0.2) is 54.6 Å². The molecule has 6 nitrogen and oxygen atoms in total. The Balaban J connectivity index is 2.05. The molecule has 0 radical (unpaired) electrons. The van der Waals surface area contributed by atoms with Gasteiger partial charge >= 0.3 is 5.97 Å². The normalized spacial score (nSPS) is 11.1. The van der Waals surface area contributed by atoms with E-state index < -0.39 is 18.5 Å². The second kappa shape index (κ2) is 7.89. The number of ether oxygens (including phenoxy) is 1. The number of carboxylic acids is 1. The number of fused-ring (bicyclic) bond motifs is 3. The van der Waals surface area contributed by atoms with E-state index in [1.807, 2.05) is 16.7 Å². The van der Waals surface area contributed by atoms with Crippen molar-refractivity contribution in [2.75, 3.05) is 6.61 Å². The van der Waals surface area contributed by atoms with Crippen LogP contribution in [-0.2, 0) is 11.3 Å². The second-order valence-corrected chi connectivity index (χ2v) is 7.50. The number of carbonyl (C=O) groups excluding carboxylic acids is 1. The highest BCUT2D eigenvalue weighted by Crippen LogP contribution is 2.39. The van der Waals surface area contributed by atoms with Crippen molar-refractivity contribution >= 4 is 56.9 Å². The molecule has 0 spiro atoms. The Bertz CT molecular complexity index is 1290. The predicted molar refractivity (Wildman–Crippen MR) is 117 cm³/mol. The van der Waals surface area contributed by atoms with Crippen LogP contribution in [0.2, 0.25) is 10.0 Å². The van der Waals surface area contributed by atoms with Gasteiger partial charge in [0.1, 0.15) is 5.75 Å². The number of primary amides is 1. The molecule has 0 saturated heterocycles. The van der Waals surface area contributed by atoms with Crippen molar-refractivity contribution in [1.29, 1.82) is 0 Å². The highest BCUT2D eigenvalue weighted by Gasteiger charge is 2.21. The van der Waals surface area contributed by atoms with Gasteiger partial charge in [-0.15, -0.1) is 0 Å². The molecule has 1 aromatic heterocycles. The summed E-state index contributed by atoms with van der Waals surface area (Å²) >= 11 is 12.8. The van der Waals surface area contributed by atoms with E-state index in [1.54, 1.807) is 42.5 Å². The lowest BCUT2D eigenvalue weighted by Gasteiger charge is -2.11. The first-order valence-electron chi connectivity index (χ1n) is 8.99. The maximum Gasteiger partial charge on any atom is 0.341 e. The smallest absolute Gasteiger partial charge is 0.341 e. The van der Waals surface area contributed by atoms with Crippen LogP contribution in [0.5, 0.6) is 5.75 Å². The molecule has 4 aromatic rings. The zero-order chi connectivity index (χ0) is 21.4. The van der Waals surface area contributed by atoms with E-state index in [4.69, 9.17) is 38.8 Å². The van der Waals surface area contributed by atoms with Crippen LogP contribution in [0.25, 0.3) is 21.8 Å². The molecule has 0 aliphatic carbocycles. The molecule has 3 N–H and O–H groups in total. The van der Waals surface area contributed by atoms with Crippen LogP contribution in [0, 0.1) is 0 Å². The summed E-state index contributed by atoms with van der Waals surface area (Å²) < 4.78 is 7.47. The highest BCUT2D eigenvalue weighted by atomic mass is 35.5. The summed E-state index contributed by atoms with van der Waals surface area (Å²) in [5.74, 6) is -1.35. The Labute approximate surface area is 181 Å². The molecule has 0 atom stereocenters. The van der Waals surface area contributed by atoms with Crippen molar-refractivity contribution in [3.8, 4) is 5.75 Å². The van der Waals surface area contributed by atoms with Gasteiger partial charge in [0, 0.05) is 26.6 Å². The Hall–Kier alpha value is -3.22. The van der Waals surface area contributed by atoms with Gasteiger partial charge in [0.15, 0.2) is 6.61 Å². The first kappa shape index (κ1) is 20.1. The summed E-state index contributed by atoms with van der Waals surface area (Å²) in [5, 5.41) is 11.3. The van der Waals surface area contributed by atoms with E-state index in [0.29, 0.717) is 38.7 Å². The minimum atomic E-state index is -1.10. The van der Waals surface area contributed by atoms with Crippen molar-refractivity contribution in [2.45, 2.75) is 6.54 Å². The molecule has 0 fully saturated rings. The van der Waals surface area contributed by atoms with E-state index in [2.05, 4.69) is 0 Å². The summed E-state index contributed by atoms with van der Waals surface area (Å²) in [7, 11) is 0. The number of carbonyl (C=O) groups is 2. The summed E-state index contributed by atoms with van der Waals surface area (Å²) in [6.45, 7) is -0.177. The number of rotatable bonds is 6. The molecule has 152 valence electrons. The minimum Gasteiger partial charge on any atom is -0.481 e. The number of aliphatic carboxylic acids is 1. The van der Waals surface area contributed by atoms with Crippen LogP contribution in [-0.4, -0.2) is 28.2 Å². The zero-order valence-corrected chi connectivity index (χ0v) is 17.1. The van der Waals surface area contributed by atoms with E-state index in [1.165, 1.54) is 0 Å². The highest BCUT2D eigenvalue weighted by molar-refractivity contribution is 6.36. The number of halogens is 2. The monoisotopic (exact) mass is 442 g/mol. The maximum atomic E-state index is 12.1. The van der Waals surface area contributed by atoms with Gasteiger partial charge in [-0.1, -0.05) is 41.4 Å². The van der Waals surface area contributed by atoms with Crippen molar-refractivity contribution in [1.82, 2.24) is 4.57 Å². The molecule has 30 heavy (non-hydrogen) atoms. The fourth-order valence-corrected chi connectivity index (χ4v) is 4.15. The number of nitrogens with two attached hydrogens (primary N) is 1. The molecule has 0 unspecified atom stereocenters. The number of amides is 1. The number of aromatic nitrogens is 1. The summed E-state index contributed by atoms with van der Waals surface area (Å²) in [6, 6.07) is 15.8. The van der Waals surface area contributed by atoms with E-state index in [9.17, 15) is 9.59 Å². The van der Waals surface area contributed by atoms with Gasteiger partial charge in [-0.3, -0.25) is 4.79 Å². The van der Waals surface area contributed by atoms with Gasteiger partial charge in [0.05, 0.1) is 23.0 Å². The van der Waals surface area contributed by atoms with Gasteiger partial charge in [-0.2, -0.15) is 0 Å². The molecule has 3 aromatic carbocycles. The van der Waals surface area contributed by atoms with Crippen molar-refractivity contribution in [2.24, 2.45) is 5.73 Å². The van der Waals surface area contributed by atoms with Crippen molar-refractivity contribution < 1.29 is 19.4 Å². The molecule has 1 heterocycles. The summed E-state index contributed by atoms with van der Waals surface area (Å²) in [4.78, 5) is 23.2. The first-order chi connectivity index (χ1) is 14.4. The molecule has 0 aliphatic heterocycles. The van der Waals surface area contributed by atoms with Crippen molar-refractivity contribution in [3.63, 3.8) is 0 Å². The average molecular weight is 443 g/mol. The number of hydrogen-bond donors (Lipinski definition) is 2. The lowest BCUT2D eigenvalue weighted by molar-refractivity contribution is -0.139. The van der Waals surface area contributed by atoms with Crippen LogP contribution in [0.3, 0.4) is 0 Å². The number of benzene rings is 3. The number of carboxylic acid groups (broad SMARTS) is 1. The second-order valence-electron chi connectivity index (χ2n) is 6.68. The Morgan fingerprint density at radius 3 is 2.17 bits per heavy atom. The maximum absolute atomic E-state index is 12.1. The first-order valence-corrected chi connectivity index (χ1v) is 9.75. The third-order valence-corrected chi connectivity index (χ3v) is 5.58. The molecule has 8 heteroatoms. The third-order valence-electron chi connectivity index (χ3n) is 4.87. The molecule has 1 amide bonds. The average Bonchev–Trinajstić information content (AvgIpc) is 3.03. The molecular weight excluding hydrogens is 427 g/mol. The fraction of sp³-hybridized carbons (Fsp3) is 0.0909. The van der Waals surface area contributed by atoms with Gasteiger partial charge in [0.2, 0.25) is 5.91 Å².